The molecule has 0 aliphatic rings. The average molecular weight is 418 g/mol. The van der Waals surface area contributed by atoms with Gasteiger partial charge in [-0.05, 0) is 36.8 Å². The first-order valence-electron chi connectivity index (χ1n) is 9.31. The Labute approximate surface area is 172 Å². The SMILES string of the molecule is CCCN(Cc1nc2cc(Cl)ccc2c(=O)[nH]1)C(=O)CCOc1ccccc1F. The van der Waals surface area contributed by atoms with Crippen molar-refractivity contribution in [3.05, 3.63) is 69.5 Å². The molecule has 2 aromatic carbocycles. The highest BCUT2D eigenvalue weighted by molar-refractivity contribution is 6.31. The van der Waals surface area contributed by atoms with Gasteiger partial charge in [0, 0.05) is 11.6 Å². The monoisotopic (exact) mass is 417 g/mol. The standard InChI is InChI=1S/C21H21ClFN3O3/c1-2-10-26(20(27)9-11-29-18-6-4-3-5-16(18)23)13-19-24-17-12-14(22)7-8-15(17)21(28)25-19/h3-8,12H,2,9-11,13H2,1H3,(H,24,25,28). The molecule has 0 unspecified atom stereocenters. The maximum Gasteiger partial charge on any atom is 0.258 e. The number of nitrogens with one attached hydrogen (secondary N) is 1. The molecule has 0 radical (unpaired) electrons. The molecule has 0 bridgehead atoms. The second-order valence-corrected chi connectivity index (χ2v) is 6.95. The summed E-state index contributed by atoms with van der Waals surface area (Å²) in [7, 11) is 0. The van der Waals surface area contributed by atoms with Crippen LogP contribution in [-0.2, 0) is 11.3 Å². The minimum atomic E-state index is -0.470. The number of halogens is 2. The van der Waals surface area contributed by atoms with E-state index in [0.29, 0.717) is 28.3 Å². The molecule has 0 atom stereocenters. The number of carbonyl (C=O) groups is 1. The number of aromatic amines is 1. The lowest BCUT2D eigenvalue weighted by Crippen LogP contribution is -2.33. The number of H-pyrrole nitrogens is 1. The molecule has 1 amide bonds. The number of hydrogen-bond donors (Lipinski definition) is 1. The first kappa shape index (κ1) is 20.8. The van der Waals surface area contributed by atoms with Gasteiger partial charge in [0.05, 0.1) is 30.5 Å². The van der Waals surface area contributed by atoms with Gasteiger partial charge in [-0.3, -0.25) is 9.59 Å². The van der Waals surface area contributed by atoms with Gasteiger partial charge in [0.2, 0.25) is 5.91 Å². The van der Waals surface area contributed by atoms with Gasteiger partial charge >= 0.3 is 0 Å². The second kappa shape index (κ2) is 9.52. The number of aromatic nitrogens is 2. The number of amides is 1. The molecule has 0 saturated heterocycles. The van der Waals surface area contributed by atoms with E-state index in [1.165, 1.54) is 12.1 Å². The first-order valence-corrected chi connectivity index (χ1v) is 9.69. The summed E-state index contributed by atoms with van der Waals surface area (Å²) < 4.78 is 19.0. The van der Waals surface area contributed by atoms with Gasteiger partial charge in [-0.15, -0.1) is 0 Å². The molecule has 6 nitrogen and oxygen atoms in total. The summed E-state index contributed by atoms with van der Waals surface area (Å²) in [5.74, 6) is -0.152. The van der Waals surface area contributed by atoms with Crippen LogP contribution in [0.3, 0.4) is 0 Å². The molecule has 0 saturated carbocycles. The molecule has 1 N–H and O–H groups in total. The Bertz CT molecular complexity index is 1070. The molecule has 29 heavy (non-hydrogen) atoms. The van der Waals surface area contributed by atoms with E-state index in [0.717, 1.165) is 6.42 Å². The number of nitrogens with zero attached hydrogens (tertiary/aromatic N) is 2. The zero-order chi connectivity index (χ0) is 20.8. The van der Waals surface area contributed by atoms with Crippen molar-refractivity contribution in [3.63, 3.8) is 0 Å². The smallest absolute Gasteiger partial charge is 0.258 e. The fourth-order valence-electron chi connectivity index (χ4n) is 2.95. The van der Waals surface area contributed by atoms with Gasteiger partial charge in [-0.1, -0.05) is 30.7 Å². The summed E-state index contributed by atoms with van der Waals surface area (Å²) in [6.45, 7) is 2.66. The molecule has 152 valence electrons. The highest BCUT2D eigenvalue weighted by Gasteiger charge is 2.16. The highest BCUT2D eigenvalue weighted by Crippen LogP contribution is 2.17. The second-order valence-electron chi connectivity index (χ2n) is 6.52. The van der Waals surface area contributed by atoms with Crippen LogP contribution in [0, 0.1) is 5.82 Å². The first-order chi connectivity index (χ1) is 14.0. The topological polar surface area (TPSA) is 75.3 Å². The third kappa shape index (κ3) is 5.32. The number of ether oxygens (including phenoxy) is 1. The van der Waals surface area contributed by atoms with E-state index in [1.54, 1.807) is 35.2 Å². The maximum absolute atomic E-state index is 13.6. The van der Waals surface area contributed by atoms with Crippen molar-refractivity contribution in [1.29, 1.82) is 0 Å². The predicted molar refractivity (Wildman–Crippen MR) is 110 cm³/mol. The van der Waals surface area contributed by atoms with Crippen LogP contribution in [0.5, 0.6) is 5.75 Å². The molecule has 8 heteroatoms. The number of rotatable bonds is 8. The van der Waals surface area contributed by atoms with Gasteiger partial charge in [-0.2, -0.15) is 0 Å². The van der Waals surface area contributed by atoms with Crippen LogP contribution in [0.2, 0.25) is 5.02 Å². The van der Waals surface area contributed by atoms with E-state index in [4.69, 9.17) is 16.3 Å². The Hall–Kier alpha value is -2.93. The molecule has 0 spiro atoms. The third-order valence-electron chi connectivity index (χ3n) is 4.31. The fourth-order valence-corrected chi connectivity index (χ4v) is 3.11. The lowest BCUT2D eigenvalue weighted by Gasteiger charge is -2.22. The van der Waals surface area contributed by atoms with Crippen LogP contribution in [0.25, 0.3) is 10.9 Å². The Morgan fingerprint density at radius 3 is 2.83 bits per heavy atom. The van der Waals surface area contributed by atoms with E-state index < -0.39 is 5.82 Å². The van der Waals surface area contributed by atoms with Crippen LogP contribution in [0.15, 0.2) is 47.3 Å². The molecule has 0 fully saturated rings. The van der Waals surface area contributed by atoms with Crippen molar-refractivity contribution < 1.29 is 13.9 Å². The summed E-state index contributed by atoms with van der Waals surface area (Å²) in [5.41, 5.74) is 0.191. The Morgan fingerprint density at radius 2 is 2.07 bits per heavy atom. The summed E-state index contributed by atoms with van der Waals surface area (Å²) in [4.78, 5) is 33.7. The molecular formula is C21H21ClFN3O3. The van der Waals surface area contributed by atoms with Crippen molar-refractivity contribution in [2.45, 2.75) is 26.3 Å². The van der Waals surface area contributed by atoms with Crippen molar-refractivity contribution >= 4 is 28.4 Å². The molecule has 0 aliphatic heterocycles. The van der Waals surface area contributed by atoms with Crippen molar-refractivity contribution in [1.82, 2.24) is 14.9 Å². The maximum atomic E-state index is 13.6. The fraction of sp³-hybridized carbons (Fsp3) is 0.286. The lowest BCUT2D eigenvalue weighted by atomic mass is 10.2. The van der Waals surface area contributed by atoms with Crippen LogP contribution in [0.4, 0.5) is 4.39 Å². The number of carbonyl (C=O) groups excluding carboxylic acids is 1. The van der Waals surface area contributed by atoms with E-state index in [2.05, 4.69) is 9.97 Å². The molecule has 1 heterocycles. The molecular weight excluding hydrogens is 397 g/mol. The Kier molecular flexibility index (Phi) is 6.82. The van der Waals surface area contributed by atoms with Crippen LogP contribution in [-0.4, -0.2) is 33.9 Å². The van der Waals surface area contributed by atoms with E-state index in [9.17, 15) is 14.0 Å². The minimum Gasteiger partial charge on any atom is -0.490 e. The van der Waals surface area contributed by atoms with Crippen molar-refractivity contribution in [2.75, 3.05) is 13.2 Å². The quantitative estimate of drug-likeness (QED) is 0.602. The highest BCUT2D eigenvalue weighted by atomic mass is 35.5. The molecule has 1 aromatic heterocycles. The minimum absolute atomic E-state index is 0.0528. The molecule has 3 rings (SSSR count). The largest absolute Gasteiger partial charge is 0.490 e. The number of para-hydroxylation sites is 1. The van der Waals surface area contributed by atoms with Crippen LogP contribution >= 0.6 is 11.6 Å². The Morgan fingerprint density at radius 1 is 1.28 bits per heavy atom. The molecule has 0 aliphatic carbocycles. The van der Waals surface area contributed by atoms with Gasteiger partial charge in [0.25, 0.3) is 5.56 Å². The zero-order valence-electron chi connectivity index (χ0n) is 16.0. The summed E-state index contributed by atoms with van der Waals surface area (Å²) in [6.07, 6.45) is 0.821. The van der Waals surface area contributed by atoms with Gasteiger partial charge in [-0.25, -0.2) is 9.37 Å². The van der Waals surface area contributed by atoms with Crippen molar-refractivity contribution in [3.8, 4) is 5.75 Å². The number of fused-ring (bicyclic) bond motifs is 1. The van der Waals surface area contributed by atoms with Gasteiger partial charge < -0.3 is 14.6 Å². The number of benzene rings is 2. The predicted octanol–water partition coefficient (Wildman–Crippen LogP) is 3.92. The summed E-state index contributed by atoms with van der Waals surface area (Å²) in [5, 5.41) is 0.915. The summed E-state index contributed by atoms with van der Waals surface area (Å²) >= 11 is 5.99. The van der Waals surface area contributed by atoms with E-state index in [1.807, 2.05) is 6.92 Å². The average Bonchev–Trinajstić information content (AvgIpc) is 2.68. The van der Waals surface area contributed by atoms with Gasteiger partial charge in [0.1, 0.15) is 5.82 Å². The third-order valence-corrected chi connectivity index (χ3v) is 4.55. The Balaban J connectivity index is 1.69. The number of hydrogen-bond acceptors (Lipinski definition) is 4. The van der Waals surface area contributed by atoms with Gasteiger partial charge in [0.15, 0.2) is 11.6 Å². The van der Waals surface area contributed by atoms with Crippen LogP contribution in [0.1, 0.15) is 25.6 Å². The lowest BCUT2D eigenvalue weighted by molar-refractivity contribution is -0.132. The van der Waals surface area contributed by atoms with E-state index in [-0.39, 0.29) is 36.8 Å². The summed E-state index contributed by atoms with van der Waals surface area (Å²) in [6, 6.07) is 10.9. The zero-order valence-corrected chi connectivity index (χ0v) is 16.7. The van der Waals surface area contributed by atoms with Crippen LogP contribution < -0.4 is 10.3 Å². The van der Waals surface area contributed by atoms with Crippen molar-refractivity contribution in [2.24, 2.45) is 0 Å². The van der Waals surface area contributed by atoms with E-state index >= 15 is 0 Å². The normalized spacial score (nSPS) is 10.9. The molecule has 3 aromatic rings.